The molecule has 11 heteroatoms. The third-order valence-corrected chi connectivity index (χ3v) is 10.2. The number of aromatic hydroxyl groups is 2. The average molecular weight is 538 g/mol. The van der Waals surface area contributed by atoms with Crippen LogP contribution in [-0.4, -0.2) is 70.0 Å². The standard InChI is InChI=1S/C28H35N5O6/c1-28-5-4-13-14-7-19(35)20(36)8-16(14)18(6-15(13)17(28)2-3-23(28)38)32-26-25-27(30-11-29-26)33(12-31-25)24-9-21(37)22(10-34)39-24/h7-8,11-13,15,17-18,21-24,34-38H,2-6,9-10H2,1H3,(H,29,30,32)/t13-,15-,17+,18?,21+,22-,23+,24-,28+/m1/s1. The first-order valence-corrected chi connectivity index (χ1v) is 13.9. The van der Waals surface area contributed by atoms with E-state index in [1.165, 1.54) is 6.33 Å². The van der Waals surface area contributed by atoms with Gasteiger partial charge in [-0.2, -0.15) is 0 Å². The van der Waals surface area contributed by atoms with Crippen LogP contribution in [-0.2, 0) is 4.74 Å². The SMILES string of the molecule is C[C@]12CC[C@@H]3c4cc(O)c(O)cc4C(Nc4ncnc5c4ncn5[C@H]4C[C@H](O)[C@@H](CO)O4)C[C@H]3[C@@H]1CC[C@@H]2O. The van der Waals surface area contributed by atoms with Crippen LogP contribution in [0.15, 0.2) is 24.8 Å². The first-order valence-electron chi connectivity index (χ1n) is 13.9. The minimum Gasteiger partial charge on any atom is -0.504 e. The Morgan fingerprint density at radius 1 is 1.05 bits per heavy atom. The Bertz CT molecular complexity index is 1410. The molecule has 208 valence electrons. The fourth-order valence-corrected chi connectivity index (χ4v) is 8.13. The first-order chi connectivity index (χ1) is 18.8. The molecule has 1 unspecified atom stereocenters. The molecule has 3 heterocycles. The Balaban J connectivity index is 1.25. The average Bonchev–Trinajstić information content (AvgIpc) is 3.60. The van der Waals surface area contributed by atoms with E-state index in [4.69, 9.17) is 4.74 Å². The van der Waals surface area contributed by atoms with E-state index in [1.807, 2.05) is 0 Å². The number of aliphatic hydroxyl groups is 3. The van der Waals surface area contributed by atoms with Crippen LogP contribution in [0.3, 0.4) is 0 Å². The van der Waals surface area contributed by atoms with Gasteiger partial charge in [-0.3, -0.25) is 4.57 Å². The Kier molecular flexibility index (Phi) is 5.78. The van der Waals surface area contributed by atoms with Gasteiger partial charge in [-0.1, -0.05) is 6.92 Å². The molecule has 0 amide bonds. The largest absolute Gasteiger partial charge is 0.504 e. The molecular formula is C28H35N5O6. The topological polar surface area (TPSA) is 166 Å². The van der Waals surface area contributed by atoms with Crippen LogP contribution in [0, 0.1) is 17.3 Å². The smallest absolute Gasteiger partial charge is 0.167 e. The highest BCUT2D eigenvalue weighted by Gasteiger charge is 2.55. The maximum atomic E-state index is 10.9. The van der Waals surface area contributed by atoms with Crippen molar-refractivity contribution >= 4 is 17.0 Å². The summed E-state index contributed by atoms with van der Waals surface area (Å²) in [6.45, 7) is 1.95. The summed E-state index contributed by atoms with van der Waals surface area (Å²) in [5.41, 5.74) is 2.98. The number of hydrogen-bond acceptors (Lipinski definition) is 10. The van der Waals surface area contributed by atoms with Crippen LogP contribution < -0.4 is 5.32 Å². The number of hydrogen-bond donors (Lipinski definition) is 6. The van der Waals surface area contributed by atoms with Crippen LogP contribution in [0.2, 0.25) is 0 Å². The van der Waals surface area contributed by atoms with Gasteiger partial charge >= 0.3 is 0 Å². The summed E-state index contributed by atoms with van der Waals surface area (Å²) < 4.78 is 7.58. The molecule has 11 nitrogen and oxygen atoms in total. The maximum Gasteiger partial charge on any atom is 0.167 e. The molecule has 1 aliphatic heterocycles. The van der Waals surface area contributed by atoms with Crippen LogP contribution >= 0.6 is 0 Å². The maximum absolute atomic E-state index is 10.9. The van der Waals surface area contributed by atoms with E-state index in [2.05, 4.69) is 27.2 Å². The van der Waals surface area contributed by atoms with E-state index < -0.39 is 18.4 Å². The Labute approximate surface area is 225 Å². The van der Waals surface area contributed by atoms with E-state index in [0.29, 0.717) is 35.2 Å². The second kappa shape index (κ2) is 9.02. The molecule has 9 atom stereocenters. The molecule has 4 aliphatic rings. The fraction of sp³-hybridized carbons (Fsp3) is 0.607. The second-order valence-corrected chi connectivity index (χ2v) is 12.1. The summed E-state index contributed by atoms with van der Waals surface area (Å²) in [4.78, 5) is 13.5. The number of fused-ring (bicyclic) bond motifs is 6. The third-order valence-electron chi connectivity index (χ3n) is 10.2. The molecule has 3 aromatic rings. The number of benzene rings is 1. The van der Waals surface area contributed by atoms with E-state index in [-0.39, 0.29) is 41.6 Å². The van der Waals surface area contributed by atoms with E-state index in [1.54, 1.807) is 23.0 Å². The van der Waals surface area contributed by atoms with Gasteiger partial charge in [-0.25, -0.2) is 15.0 Å². The van der Waals surface area contributed by atoms with Gasteiger partial charge in [-0.15, -0.1) is 0 Å². The number of imidazole rings is 1. The summed E-state index contributed by atoms with van der Waals surface area (Å²) >= 11 is 0. The quantitative estimate of drug-likeness (QED) is 0.272. The normalized spacial score (nSPS) is 37.4. The molecule has 3 fully saturated rings. The first kappa shape index (κ1) is 25.0. The molecule has 39 heavy (non-hydrogen) atoms. The van der Waals surface area contributed by atoms with Crippen molar-refractivity contribution in [3.05, 3.63) is 35.9 Å². The minimum absolute atomic E-state index is 0.110. The van der Waals surface area contributed by atoms with Gasteiger partial charge in [-0.05, 0) is 78.5 Å². The van der Waals surface area contributed by atoms with Crippen molar-refractivity contribution in [2.24, 2.45) is 17.3 Å². The Morgan fingerprint density at radius 2 is 1.85 bits per heavy atom. The lowest BCUT2D eigenvalue weighted by molar-refractivity contribution is -0.0432. The highest BCUT2D eigenvalue weighted by atomic mass is 16.5. The number of anilines is 1. The predicted molar refractivity (Wildman–Crippen MR) is 140 cm³/mol. The van der Waals surface area contributed by atoms with Gasteiger partial charge < -0.3 is 35.6 Å². The zero-order valence-electron chi connectivity index (χ0n) is 21.8. The number of phenols is 2. The molecule has 2 aromatic heterocycles. The summed E-state index contributed by atoms with van der Waals surface area (Å²) in [5, 5.41) is 55.0. The molecule has 0 radical (unpaired) electrons. The molecule has 1 saturated heterocycles. The number of nitrogens with one attached hydrogen (secondary N) is 1. The zero-order chi connectivity index (χ0) is 27.1. The lowest BCUT2D eigenvalue weighted by Crippen LogP contribution is -2.45. The number of aliphatic hydroxyl groups excluding tert-OH is 3. The van der Waals surface area contributed by atoms with Gasteiger partial charge in [0.25, 0.3) is 0 Å². The van der Waals surface area contributed by atoms with Crippen molar-refractivity contribution in [2.75, 3.05) is 11.9 Å². The van der Waals surface area contributed by atoms with E-state index in [0.717, 1.165) is 43.2 Å². The predicted octanol–water partition coefficient (Wildman–Crippen LogP) is 2.71. The molecular weight excluding hydrogens is 502 g/mol. The molecule has 3 aliphatic carbocycles. The number of ether oxygens (including phenoxy) is 1. The summed E-state index contributed by atoms with van der Waals surface area (Å²) in [6, 6.07) is 3.18. The van der Waals surface area contributed by atoms with Gasteiger partial charge in [0.15, 0.2) is 28.5 Å². The number of nitrogens with zero attached hydrogens (tertiary/aromatic N) is 4. The summed E-state index contributed by atoms with van der Waals surface area (Å²) in [7, 11) is 0. The van der Waals surface area contributed by atoms with Crippen molar-refractivity contribution in [2.45, 2.75) is 81.9 Å². The summed E-state index contributed by atoms with van der Waals surface area (Å²) in [6.07, 6.45) is 5.64. The molecule has 0 bridgehead atoms. The van der Waals surface area contributed by atoms with Crippen molar-refractivity contribution < 1.29 is 30.3 Å². The van der Waals surface area contributed by atoms with Crippen molar-refractivity contribution in [1.82, 2.24) is 19.5 Å². The third kappa shape index (κ3) is 3.74. The molecule has 6 N–H and O–H groups in total. The van der Waals surface area contributed by atoms with E-state index >= 15 is 0 Å². The Hall–Kier alpha value is -2.99. The molecule has 2 saturated carbocycles. The highest BCUT2D eigenvalue weighted by Crippen LogP contribution is 2.63. The number of phenolic OH excluding ortho intramolecular Hbond substituents is 2. The molecule has 7 rings (SSSR count). The van der Waals surface area contributed by atoms with E-state index in [9.17, 15) is 25.5 Å². The van der Waals surface area contributed by atoms with Crippen LogP contribution in [0.1, 0.15) is 74.8 Å². The lowest BCUT2D eigenvalue weighted by Gasteiger charge is -2.51. The second-order valence-electron chi connectivity index (χ2n) is 12.1. The fourth-order valence-electron chi connectivity index (χ4n) is 8.13. The van der Waals surface area contributed by atoms with Gasteiger partial charge in [0.2, 0.25) is 0 Å². The zero-order valence-corrected chi connectivity index (χ0v) is 21.8. The number of rotatable bonds is 4. The van der Waals surface area contributed by atoms with Crippen LogP contribution in [0.25, 0.3) is 11.2 Å². The number of aromatic nitrogens is 4. The van der Waals surface area contributed by atoms with Crippen molar-refractivity contribution in [1.29, 1.82) is 0 Å². The highest BCUT2D eigenvalue weighted by molar-refractivity contribution is 5.83. The van der Waals surface area contributed by atoms with Crippen LogP contribution in [0.4, 0.5) is 5.82 Å². The lowest BCUT2D eigenvalue weighted by atomic mass is 9.54. The van der Waals surface area contributed by atoms with Crippen molar-refractivity contribution in [3.8, 4) is 11.5 Å². The van der Waals surface area contributed by atoms with Gasteiger partial charge in [0.05, 0.1) is 31.2 Å². The molecule has 1 aromatic carbocycles. The Morgan fingerprint density at radius 3 is 2.62 bits per heavy atom. The molecule has 0 spiro atoms. The van der Waals surface area contributed by atoms with Crippen molar-refractivity contribution in [3.63, 3.8) is 0 Å². The van der Waals surface area contributed by atoms with Crippen LogP contribution in [0.5, 0.6) is 11.5 Å². The summed E-state index contributed by atoms with van der Waals surface area (Å²) in [5.74, 6) is 1.22. The monoisotopic (exact) mass is 537 g/mol. The van der Waals surface area contributed by atoms with Gasteiger partial charge in [0, 0.05) is 6.42 Å². The van der Waals surface area contributed by atoms with Gasteiger partial charge in [0.1, 0.15) is 18.7 Å². The minimum atomic E-state index is -0.775.